The van der Waals surface area contributed by atoms with Gasteiger partial charge in [0, 0.05) is 11.0 Å². The van der Waals surface area contributed by atoms with E-state index in [2.05, 4.69) is 123 Å². The number of anilines is 2. The minimum absolute atomic E-state index is 0.0725. The Morgan fingerprint density at radius 2 is 1.11 bits per heavy atom. The van der Waals surface area contributed by atoms with E-state index in [0.29, 0.717) is 0 Å². The van der Waals surface area contributed by atoms with Crippen LogP contribution in [0, 0.1) is 0 Å². The van der Waals surface area contributed by atoms with E-state index in [1.54, 1.807) is 0 Å². The van der Waals surface area contributed by atoms with Crippen molar-refractivity contribution in [3.8, 4) is 33.4 Å². The predicted octanol–water partition coefficient (Wildman–Crippen LogP) is 8.34. The first-order valence-corrected chi connectivity index (χ1v) is 12.1. The number of rotatable bonds is 4. The third kappa shape index (κ3) is 3.54. The lowest BCUT2D eigenvalue weighted by molar-refractivity contribution is 0.660. The Morgan fingerprint density at radius 3 is 1.86 bits per heavy atom. The van der Waals surface area contributed by atoms with Crippen LogP contribution < -0.4 is 10.9 Å². The maximum absolute atomic E-state index is 6.92. The molecule has 170 valence electrons. The van der Waals surface area contributed by atoms with Crippen molar-refractivity contribution in [1.29, 1.82) is 0 Å². The second kappa shape index (κ2) is 8.26. The number of hydrazine groups is 1. The van der Waals surface area contributed by atoms with Crippen LogP contribution in [0.2, 0.25) is 0 Å². The summed E-state index contributed by atoms with van der Waals surface area (Å²) in [4.78, 5) is 0. The molecule has 35 heavy (non-hydrogen) atoms. The van der Waals surface area contributed by atoms with Crippen molar-refractivity contribution in [1.82, 2.24) is 0 Å². The molecule has 1 aliphatic carbocycles. The molecular formula is C33H28N2. The summed E-state index contributed by atoms with van der Waals surface area (Å²) in [7, 11) is 0. The highest BCUT2D eigenvalue weighted by molar-refractivity contribution is 5.88. The van der Waals surface area contributed by atoms with Gasteiger partial charge in [-0.05, 0) is 57.1 Å². The van der Waals surface area contributed by atoms with Crippen LogP contribution in [0.25, 0.3) is 33.4 Å². The maximum Gasteiger partial charge on any atom is 0.0659 e. The summed E-state index contributed by atoms with van der Waals surface area (Å²) in [6, 6.07) is 42.8. The molecule has 0 radical (unpaired) electrons. The molecule has 0 bridgehead atoms. The third-order valence-electron chi connectivity index (χ3n) is 7.29. The molecule has 6 rings (SSSR count). The van der Waals surface area contributed by atoms with E-state index in [0.717, 1.165) is 28.1 Å². The summed E-state index contributed by atoms with van der Waals surface area (Å²) in [6.45, 7) is 4.60. The summed E-state index contributed by atoms with van der Waals surface area (Å²) in [6.07, 6.45) is 0. The van der Waals surface area contributed by atoms with Gasteiger partial charge in [-0.25, -0.2) is 5.84 Å². The second-order valence-electron chi connectivity index (χ2n) is 9.73. The minimum Gasteiger partial charge on any atom is -0.279 e. The predicted molar refractivity (Wildman–Crippen MR) is 148 cm³/mol. The molecule has 2 heteroatoms. The van der Waals surface area contributed by atoms with Crippen molar-refractivity contribution in [2.75, 3.05) is 5.01 Å². The zero-order chi connectivity index (χ0) is 24.0. The van der Waals surface area contributed by atoms with Crippen LogP contribution in [0.5, 0.6) is 0 Å². The average molecular weight is 453 g/mol. The van der Waals surface area contributed by atoms with Crippen molar-refractivity contribution in [2.24, 2.45) is 5.84 Å². The molecule has 0 heterocycles. The van der Waals surface area contributed by atoms with Gasteiger partial charge in [0.25, 0.3) is 0 Å². The summed E-state index contributed by atoms with van der Waals surface area (Å²) in [5.74, 6) is 6.92. The van der Waals surface area contributed by atoms with Gasteiger partial charge < -0.3 is 0 Å². The van der Waals surface area contributed by atoms with Crippen molar-refractivity contribution in [2.45, 2.75) is 19.3 Å². The van der Waals surface area contributed by atoms with E-state index in [1.807, 2.05) is 17.1 Å². The molecule has 0 saturated carbocycles. The highest BCUT2D eigenvalue weighted by Crippen LogP contribution is 2.50. The average Bonchev–Trinajstić information content (AvgIpc) is 3.15. The van der Waals surface area contributed by atoms with Crippen LogP contribution in [-0.2, 0) is 5.41 Å². The molecule has 0 fully saturated rings. The van der Waals surface area contributed by atoms with Crippen molar-refractivity contribution < 1.29 is 0 Å². The van der Waals surface area contributed by atoms with E-state index >= 15 is 0 Å². The Morgan fingerprint density at radius 1 is 0.514 bits per heavy atom. The maximum atomic E-state index is 6.92. The molecule has 0 unspecified atom stereocenters. The summed E-state index contributed by atoms with van der Waals surface area (Å²) in [5, 5.41) is 1.84. The van der Waals surface area contributed by atoms with Gasteiger partial charge >= 0.3 is 0 Å². The lowest BCUT2D eigenvalue weighted by atomic mass is 9.82. The lowest BCUT2D eigenvalue weighted by Crippen LogP contribution is -2.26. The fraction of sp³-hybridized carbons (Fsp3) is 0.0909. The first-order valence-electron chi connectivity index (χ1n) is 12.1. The fourth-order valence-corrected chi connectivity index (χ4v) is 5.38. The molecule has 1 aliphatic rings. The van der Waals surface area contributed by atoms with Crippen LogP contribution in [0.15, 0.2) is 121 Å². The first kappa shape index (κ1) is 21.4. The van der Waals surface area contributed by atoms with Gasteiger partial charge in [-0.15, -0.1) is 0 Å². The van der Waals surface area contributed by atoms with Crippen LogP contribution in [0.3, 0.4) is 0 Å². The van der Waals surface area contributed by atoms with Crippen molar-refractivity contribution in [3.05, 3.63) is 132 Å². The highest BCUT2D eigenvalue weighted by Gasteiger charge is 2.35. The first-order chi connectivity index (χ1) is 17.0. The van der Waals surface area contributed by atoms with E-state index in [1.165, 1.54) is 27.8 Å². The molecule has 0 spiro atoms. The number of hydrogen-bond acceptors (Lipinski definition) is 2. The standard InChI is InChI=1S/C33H28N2/c1-33(2)30-16-10-9-15-28(30)29-20-18-26(22-31(29)33)35(34)32-21-25(23-11-5-3-6-12-23)17-19-27(32)24-13-7-4-8-14-24/h3-22H,34H2,1-2H3. The van der Waals surface area contributed by atoms with Gasteiger partial charge in [0.05, 0.1) is 11.4 Å². The third-order valence-corrected chi connectivity index (χ3v) is 7.29. The Hall–Kier alpha value is -4.14. The van der Waals surface area contributed by atoms with E-state index in [9.17, 15) is 0 Å². The molecule has 0 saturated heterocycles. The molecule has 0 amide bonds. The van der Waals surface area contributed by atoms with Crippen LogP contribution in [0.1, 0.15) is 25.0 Å². The van der Waals surface area contributed by atoms with Crippen molar-refractivity contribution >= 4 is 11.4 Å². The lowest BCUT2D eigenvalue weighted by Gasteiger charge is -2.26. The molecule has 2 nitrogen and oxygen atoms in total. The van der Waals surface area contributed by atoms with E-state index in [4.69, 9.17) is 5.84 Å². The molecule has 0 aliphatic heterocycles. The topological polar surface area (TPSA) is 29.3 Å². The molecule has 5 aromatic rings. The monoisotopic (exact) mass is 452 g/mol. The van der Waals surface area contributed by atoms with Crippen LogP contribution in [0.4, 0.5) is 11.4 Å². The molecule has 5 aromatic carbocycles. The number of nitrogens with two attached hydrogens (primary N) is 1. The fourth-order valence-electron chi connectivity index (χ4n) is 5.38. The molecule has 0 atom stereocenters. The van der Waals surface area contributed by atoms with E-state index < -0.39 is 0 Å². The van der Waals surface area contributed by atoms with Crippen molar-refractivity contribution in [3.63, 3.8) is 0 Å². The normalized spacial score (nSPS) is 13.2. The highest BCUT2D eigenvalue weighted by atomic mass is 15.4. The zero-order valence-corrected chi connectivity index (χ0v) is 20.1. The molecule has 0 aromatic heterocycles. The number of benzene rings is 5. The molecular weight excluding hydrogens is 424 g/mol. The molecule has 2 N–H and O–H groups in total. The smallest absolute Gasteiger partial charge is 0.0659 e. The quantitative estimate of drug-likeness (QED) is 0.219. The van der Waals surface area contributed by atoms with Crippen LogP contribution in [-0.4, -0.2) is 0 Å². The Kier molecular flexibility index (Phi) is 5.05. The van der Waals surface area contributed by atoms with Gasteiger partial charge in [-0.2, -0.15) is 0 Å². The zero-order valence-electron chi connectivity index (χ0n) is 20.1. The summed E-state index contributed by atoms with van der Waals surface area (Å²) < 4.78 is 0. The minimum atomic E-state index is -0.0725. The van der Waals surface area contributed by atoms with Crippen LogP contribution >= 0.6 is 0 Å². The summed E-state index contributed by atoms with van der Waals surface area (Å²) in [5.41, 5.74) is 11.7. The van der Waals surface area contributed by atoms with E-state index in [-0.39, 0.29) is 5.41 Å². The van der Waals surface area contributed by atoms with Gasteiger partial charge in [-0.1, -0.05) is 117 Å². The van der Waals surface area contributed by atoms with Gasteiger partial charge in [0.2, 0.25) is 0 Å². The van der Waals surface area contributed by atoms with Gasteiger partial charge in [0.1, 0.15) is 0 Å². The van der Waals surface area contributed by atoms with Gasteiger partial charge in [-0.3, -0.25) is 5.01 Å². The number of hydrogen-bond donors (Lipinski definition) is 1. The summed E-state index contributed by atoms with van der Waals surface area (Å²) >= 11 is 0. The number of nitrogens with zero attached hydrogens (tertiary/aromatic N) is 1. The largest absolute Gasteiger partial charge is 0.279 e. The second-order valence-corrected chi connectivity index (χ2v) is 9.73. The SMILES string of the molecule is CC1(C)c2ccccc2-c2ccc(N(N)c3cc(-c4ccccc4)ccc3-c3ccccc3)cc21. The number of fused-ring (bicyclic) bond motifs is 3. The van der Waals surface area contributed by atoms with Gasteiger partial charge in [0.15, 0.2) is 0 Å². The Balaban J connectivity index is 1.49. The Bertz CT molecular complexity index is 1520. The Labute approximate surface area is 207 Å².